The predicted octanol–water partition coefficient (Wildman–Crippen LogP) is 5.29. The lowest BCUT2D eigenvalue weighted by Crippen LogP contribution is -2.22. The average molecular weight is 414 g/mol. The molecule has 0 fully saturated rings. The van der Waals surface area contributed by atoms with E-state index in [0.717, 1.165) is 28.0 Å². The molecule has 0 saturated heterocycles. The third-order valence-corrected chi connectivity index (χ3v) is 5.09. The van der Waals surface area contributed by atoms with Gasteiger partial charge in [-0.05, 0) is 41.8 Å². The SMILES string of the molecule is CC(=C/c1ccccc1)/C=C(/Cl)c1nnc(C(=O)NCc2ccc(F)cc2)s1. The highest BCUT2D eigenvalue weighted by molar-refractivity contribution is 7.15. The molecule has 1 heterocycles. The standard InChI is InChI=1S/C21H17ClFN3OS/c1-14(11-15-5-3-2-4-6-15)12-18(22)20-25-26-21(28-20)19(27)24-13-16-7-9-17(23)10-8-16/h2-12H,13H2,1H3,(H,24,27)/b14-11-,18-12+. The first-order chi connectivity index (χ1) is 13.5. The second-order valence-corrected chi connectivity index (χ2v) is 7.40. The summed E-state index contributed by atoms with van der Waals surface area (Å²) in [4.78, 5) is 12.2. The Labute approximate surface area is 171 Å². The normalized spacial score (nSPS) is 12.1. The van der Waals surface area contributed by atoms with E-state index in [1.807, 2.05) is 43.3 Å². The van der Waals surface area contributed by atoms with E-state index in [9.17, 15) is 9.18 Å². The number of allylic oxidation sites excluding steroid dienone is 2. The van der Waals surface area contributed by atoms with Gasteiger partial charge in [-0.3, -0.25) is 4.79 Å². The third kappa shape index (κ3) is 5.58. The lowest BCUT2D eigenvalue weighted by molar-refractivity contribution is 0.0950. The second-order valence-electron chi connectivity index (χ2n) is 6.01. The Morgan fingerprint density at radius 2 is 1.79 bits per heavy atom. The Morgan fingerprint density at radius 3 is 2.50 bits per heavy atom. The fourth-order valence-corrected chi connectivity index (χ4v) is 3.38. The van der Waals surface area contributed by atoms with Gasteiger partial charge in [0.25, 0.3) is 5.91 Å². The molecule has 3 aromatic rings. The van der Waals surface area contributed by atoms with Crippen LogP contribution in [-0.4, -0.2) is 16.1 Å². The molecule has 2 aromatic carbocycles. The first kappa shape index (κ1) is 19.9. The average Bonchev–Trinajstić information content (AvgIpc) is 3.18. The van der Waals surface area contributed by atoms with Crippen molar-refractivity contribution in [1.29, 1.82) is 0 Å². The van der Waals surface area contributed by atoms with Crippen LogP contribution in [0.5, 0.6) is 0 Å². The van der Waals surface area contributed by atoms with Crippen molar-refractivity contribution in [3.63, 3.8) is 0 Å². The maximum Gasteiger partial charge on any atom is 0.282 e. The molecular formula is C21H17ClFN3OS. The zero-order valence-electron chi connectivity index (χ0n) is 15.0. The summed E-state index contributed by atoms with van der Waals surface area (Å²) < 4.78 is 12.9. The van der Waals surface area contributed by atoms with Crippen LogP contribution in [0.3, 0.4) is 0 Å². The molecule has 0 aliphatic carbocycles. The summed E-state index contributed by atoms with van der Waals surface area (Å²) in [5.74, 6) is -0.670. The van der Waals surface area contributed by atoms with Gasteiger partial charge >= 0.3 is 0 Å². The Kier molecular flexibility index (Phi) is 6.68. The molecule has 1 amide bonds. The first-order valence-corrected chi connectivity index (χ1v) is 9.68. The van der Waals surface area contributed by atoms with Crippen molar-refractivity contribution in [2.45, 2.75) is 13.5 Å². The fourth-order valence-electron chi connectivity index (χ4n) is 2.39. The smallest absolute Gasteiger partial charge is 0.282 e. The number of amides is 1. The largest absolute Gasteiger partial charge is 0.346 e. The summed E-state index contributed by atoms with van der Waals surface area (Å²) in [5.41, 5.74) is 2.81. The molecule has 0 saturated carbocycles. The quantitative estimate of drug-likeness (QED) is 0.558. The minimum Gasteiger partial charge on any atom is -0.346 e. The molecule has 4 nitrogen and oxygen atoms in total. The van der Waals surface area contributed by atoms with Crippen LogP contribution in [-0.2, 0) is 6.54 Å². The van der Waals surface area contributed by atoms with Crippen molar-refractivity contribution in [2.75, 3.05) is 0 Å². The van der Waals surface area contributed by atoms with Crippen molar-refractivity contribution in [3.8, 4) is 0 Å². The number of nitrogens with zero attached hydrogens (tertiary/aromatic N) is 2. The molecule has 0 aliphatic rings. The van der Waals surface area contributed by atoms with Crippen LogP contribution in [0.25, 0.3) is 11.1 Å². The van der Waals surface area contributed by atoms with Crippen molar-refractivity contribution in [3.05, 3.63) is 93.2 Å². The lowest BCUT2D eigenvalue weighted by atomic mass is 10.1. The van der Waals surface area contributed by atoms with Gasteiger partial charge in [-0.25, -0.2) is 4.39 Å². The van der Waals surface area contributed by atoms with Gasteiger partial charge < -0.3 is 5.32 Å². The molecule has 1 aromatic heterocycles. The van der Waals surface area contributed by atoms with Gasteiger partial charge in [0, 0.05) is 6.54 Å². The summed E-state index contributed by atoms with van der Waals surface area (Å²) in [6.07, 6.45) is 3.79. The summed E-state index contributed by atoms with van der Waals surface area (Å²) in [6.45, 7) is 2.21. The molecular weight excluding hydrogens is 397 g/mol. The minimum atomic E-state index is -0.353. The number of hydrogen-bond acceptors (Lipinski definition) is 4. The minimum absolute atomic E-state index is 0.216. The van der Waals surface area contributed by atoms with E-state index in [4.69, 9.17) is 11.6 Å². The molecule has 0 spiro atoms. The second kappa shape index (κ2) is 9.39. The maximum atomic E-state index is 12.9. The number of hydrogen-bond donors (Lipinski definition) is 1. The van der Waals surface area contributed by atoms with Gasteiger partial charge in [0.1, 0.15) is 5.82 Å². The van der Waals surface area contributed by atoms with Crippen LogP contribution < -0.4 is 5.32 Å². The topological polar surface area (TPSA) is 54.9 Å². The summed E-state index contributed by atoms with van der Waals surface area (Å²) in [6, 6.07) is 15.8. The Balaban J connectivity index is 1.64. The van der Waals surface area contributed by atoms with Crippen LogP contribution in [0.1, 0.15) is 32.9 Å². The monoisotopic (exact) mass is 413 g/mol. The molecule has 0 aliphatic heterocycles. The molecule has 28 heavy (non-hydrogen) atoms. The van der Waals surface area contributed by atoms with Crippen LogP contribution >= 0.6 is 22.9 Å². The first-order valence-electron chi connectivity index (χ1n) is 8.48. The van der Waals surface area contributed by atoms with E-state index >= 15 is 0 Å². The van der Waals surface area contributed by atoms with E-state index in [2.05, 4.69) is 15.5 Å². The number of halogens is 2. The molecule has 3 rings (SSSR count). The van der Waals surface area contributed by atoms with Crippen molar-refractivity contribution < 1.29 is 9.18 Å². The third-order valence-electron chi connectivity index (χ3n) is 3.74. The lowest BCUT2D eigenvalue weighted by Gasteiger charge is -2.02. The molecule has 0 bridgehead atoms. The van der Waals surface area contributed by atoms with E-state index in [1.54, 1.807) is 18.2 Å². The fraction of sp³-hybridized carbons (Fsp3) is 0.0952. The van der Waals surface area contributed by atoms with Crippen LogP contribution in [0.2, 0.25) is 0 Å². The number of aromatic nitrogens is 2. The molecule has 7 heteroatoms. The van der Waals surface area contributed by atoms with Crippen LogP contribution in [0, 0.1) is 5.82 Å². The van der Waals surface area contributed by atoms with E-state index < -0.39 is 0 Å². The molecule has 0 radical (unpaired) electrons. The van der Waals surface area contributed by atoms with E-state index in [1.165, 1.54) is 12.1 Å². The number of carbonyl (C=O) groups excluding carboxylic acids is 1. The van der Waals surface area contributed by atoms with Gasteiger partial charge in [-0.1, -0.05) is 71.5 Å². The zero-order valence-corrected chi connectivity index (χ0v) is 16.6. The van der Waals surface area contributed by atoms with Crippen molar-refractivity contribution in [2.24, 2.45) is 0 Å². The summed E-state index contributed by atoms with van der Waals surface area (Å²) in [7, 11) is 0. The van der Waals surface area contributed by atoms with Gasteiger partial charge in [0.2, 0.25) is 5.01 Å². The van der Waals surface area contributed by atoms with Crippen LogP contribution in [0.4, 0.5) is 4.39 Å². The molecule has 142 valence electrons. The maximum absolute atomic E-state index is 12.9. The van der Waals surface area contributed by atoms with Crippen molar-refractivity contribution >= 4 is 40.0 Å². The van der Waals surface area contributed by atoms with Gasteiger partial charge in [-0.2, -0.15) is 0 Å². The molecule has 0 unspecified atom stereocenters. The number of benzene rings is 2. The Bertz CT molecular complexity index is 1010. The Hall–Kier alpha value is -2.83. The summed E-state index contributed by atoms with van der Waals surface area (Å²) >= 11 is 7.45. The number of rotatable bonds is 6. The summed E-state index contributed by atoms with van der Waals surface area (Å²) in [5, 5.41) is 11.7. The molecule has 0 atom stereocenters. The number of carbonyl (C=O) groups is 1. The highest BCUT2D eigenvalue weighted by Crippen LogP contribution is 2.25. The number of nitrogens with one attached hydrogen (secondary N) is 1. The molecule has 1 N–H and O–H groups in total. The highest BCUT2D eigenvalue weighted by atomic mass is 35.5. The van der Waals surface area contributed by atoms with Crippen LogP contribution in [0.15, 0.2) is 66.2 Å². The van der Waals surface area contributed by atoms with E-state index in [-0.39, 0.29) is 23.3 Å². The van der Waals surface area contributed by atoms with Gasteiger partial charge in [0.05, 0.1) is 5.03 Å². The Morgan fingerprint density at radius 1 is 1.11 bits per heavy atom. The van der Waals surface area contributed by atoms with E-state index in [0.29, 0.717) is 10.0 Å². The predicted molar refractivity (Wildman–Crippen MR) is 111 cm³/mol. The van der Waals surface area contributed by atoms with Crippen molar-refractivity contribution in [1.82, 2.24) is 15.5 Å². The highest BCUT2D eigenvalue weighted by Gasteiger charge is 2.14. The zero-order chi connectivity index (χ0) is 19.9. The van der Waals surface area contributed by atoms with Gasteiger partial charge in [-0.15, -0.1) is 10.2 Å². The van der Waals surface area contributed by atoms with Gasteiger partial charge in [0.15, 0.2) is 5.01 Å².